The van der Waals surface area contributed by atoms with E-state index >= 15 is 0 Å². The van der Waals surface area contributed by atoms with Crippen LogP contribution in [0.25, 0.3) is 0 Å². The van der Waals surface area contributed by atoms with Crippen LogP contribution in [0.2, 0.25) is 0 Å². The number of para-hydroxylation sites is 1. The molecule has 1 aliphatic heterocycles. The molecule has 22 heavy (non-hydrogen) atoms. The third kappa shape index (κ3) is 5.29. The van der Waals surface area contributed by atoms with Crippen LogP contribution in [0.5, 0.6) is 0 Å². The van der Waals surface area contributed by atoms with Crippen molar-refractivity contribution in [1.29, 1.82) is 0 Å². The van der Waals surface area contributed by atoms with Crippen molar-refractivity contribution in [3.63, 3.8) is 0 Å². The van der Waals surface area contributed by atoms with E-state index in [9.17, 15) is 9.90 Å². The first-order valence-electron chi connectivity index (χ1n) is 7.70. The Morgan fingerprint density at radius 3 is 2.55 bits per heavy atom. The molecule has 1 aliphatic rings. The number of nitrogens with zero attached hydrogens (tertiary/aromatic N) is 3. The molecule has 0 spiro atoms. The standard InChI is InChI=1S/C16H26N4O2/c1-18-8-10-20(11-9-18)13-15(21)12-19(2)16(22)17-14-6-4-3-5-7-14/h3-7,15,21H,8-13H2,1-2H3,(H,17,22). The number of amides is 2. The lowest BCUT2D eigenvalue weighted by Gasteiger charge is -2.34. The van der Waals surface area contributed by atoms with Gasteiger partial charge in [-0.3, -0.25) is 4.90 Å². The lowest BCUT2D eigenvalue weighted by molar-refractivity contribution is 0.0670. The fourth-order valence-electron chi connectivity index (χ4n) is 2.53. The smallest absolute Gasteiger partial charge is 0.321 e. The summed E-state index contributed by atoms with van der Waals surface area (Å²) in [5.41, 5.74) is 0.757. The van der Waals surface area contributed by atoms with Gasteiger partial charge in [-0.25, -0.2) is 4.79 Å². The topological polar surface area (TPSA) is 59.1 Å². The zero-order valence-electron chi connectivity index (χ0n) is 13.4. The van der Waals surface area contributed by atoms with Crippen LogP contribution < -0.4 is 5.32 Å². The number of aliphatic hydroxyl groups excluding tert-OH is 1. The van der Waals surface area contributed by atoms with Gasteiger partial charge in [0, 0.05) is 52.0 Å². The summed E-state index contributed by atoms with van der Waals surface area (Å²) < 4.78 is 0. The Kier molecular flexibility index (Phi) is 6.18. The number of anilines is 1. The van der Waals surface area contributed by atoms with Crippen molar-refractivity contribution in [3.05, 3.63) is 30.3 Å². The minimum atomic E-state index is -0.532. The lowest BCUT2D eigenvalue weighted by atomic mass is 10.2. The summed E-state index contributed by atoms with van der Waals surface area (Å²) in [5, 5.41) is 13.0. The maximum absolute atomic E-state index is 12.1. The maximum atomic E-state index is 12.1. The highest BCUT2D eigenvalue weighted by Gasteiger charge is 2.19. The molecule has 122 valence electrons. The quantitative estimate of drug-likeness (QED) is 0.843. The van der Waals surface area contributed by atoms with Gasteiger partial charge in [0.1, 0.15) is 0 Å². The molecule has 6 heteroatoms. The van der Waals surface area contributed by atoms with E-state index < -0.39 is 6.10 Å². The first-order valence-corrected chi connectivity index (χ1v) is 7.70. The summed E-state index contributed by atoms with van der Waals surface area (Å²) in [6.45, 7) is 4.91. The molecule has 6 nitrogen and oxygen atoms in total. The summed E-state index contributed by atoms with van der Waals surface area (Å²) in [7, 11) is 3.81. The van der Waals surface area contributed by atoms with Gasteiger partial charge in [0.25, 0.3) is 0 Å². The van der Waals surface area contributed by atoms with Crippen molar-refractivity contribution in [3.8, 4) is 0 Å². The Morgan fingerprint density at radius 1 is 1.27 bits per heavy atom. The van der Waals surface area contributed by atoms with Crippen LogP contribution in [0.15, 0.2) is 30.3 Å². The van der Waals surface area contributed by atoms with E-state index in [0.717, 1.165) is 31.9 Å². The van der Waals surface area contributed by atoms with E-state index in [2.05, 4.69) is 22.2 Å². The predicted molar refractivity (Wildman–Crippen MR) is 88.0 cm³/mol. The highest BCUT2D eigenvalue weighted by Crippen LogP contribution is 2.07. The van der Waals surface area contributed by atoms with Crippen LogP contribution in [0.1, 0.15) is 0 Å². The number of aliphatic hydroxyl groups is 1. The monoisotopic (exact) mass is 306 g/mol. The number of likely N-dealkylation sites (N-methyl/N-ethyl adjacent to an activating group) is 2. The predicted octanol–water partition coefficient (Wildman–Crippen LogP) is 0.759. The molecule has 1 heterocycles. The summed E-state index contributed by atoms with van der Waals surface area (Å²) in [6, 6.07) is 9.12. The van der Waals surface area contributed by atoms with Crippen molar-refractivity contribution in [1.82, 2.24) is 14.7 Å². The molecule has 1 aromatic carbocycles. The average Bonchev–Trinajstić information content (AvgIpc) is 2.50. The highest BCUT2D eigenvalue weighted by molar-refractivity contribution is 5.89. The first kappa shape index (κ1) is 16.7. The second kappa shape index (κ2) is 8.12. The molecule has 0 aliphatic carbocycles. The second-order valence-electron chi connectivity index (χ2n) is 5.93. The van der Waals surface area contributed by atoms with Crippen molar-refractivity contribution < 1.29 is 9.90 Å². The van der Waals surface area contributed by atoms with Crippen molar-refractivity contribution in [2.24, 2.45) is 0 Å². The van der Waals surface area contributed by atoms with E-state index in [-0.39, 0.29) is 6.03 Å². The Bertz CT molecular complexity index is 460. The fraction of sp³-hybridized carbons (Fsp3) is 0.562. The van der Waals surface area contributed by atoms with E-state index in [1.807, 2.05) is 30.3 Å². The van der Waals surface area contributed by atoms with Gasteiger partial charge in [0.2, 0.25) is 0 Å². The minimum Gasteiger partial charge on any atom is -0.390 e. The number of nitrogens with one attached hydrogen (secondary N) is 1. The van der Waals surface area contributed by atoms with E-state index in [4.69, 9.17) is 0 Å². The number of hydrogen-bond acceptors (Lipinski definition) is 4. The van der Waals surface area contributed by atoms with Crippen molar-refractivity contribution in [2.75, 3.05) is 58.7 Å². The number of rotatable bonds is 5. The molecule has 1 aromatic rings. The molecule has 0 radical (unpaired) electrons. The van der Waals surface area contributed by atoms with Gasteiger partial charge in [-0.15, -0.1) is 0 Å². The van der Waals surface area contributed by atoms with Crippen LogP contribution in [0.3, 0.4) is 0 Å². The summed E-state index contributed by atoms with van der Waals surface area (Å²) in [6.07, 6.45) is -0.532. The Balaban J connectivity index is 1.73. The summed E-state index contributed by atoms with van der Waals surface area (Å²) in [4.78, 5) is 18.1. The highest BCUT2D eigenvalue weighted by atomic mass is 16.3. The second-order valence-corrected chi connectivity index (χ2v) is 5.93. The van der Waals surface area contributed by atoms with Gasteiger partial charge >= 0.3 is 6.03 Å². The summed E-state index contributed by atoms with van der Waals surface area (Å²) in [5.74, 6) is 0. The third-order valence-corrected chi connectivity index (χ3v) is 3.92. The SMILES string of the molecule is CN1CCN(CC(O)CN(C)C(=O)Nc2ccccc2)CC1. The van der Waals surface area contributed by atoms with Gasteiger partial charge in [0.15, 0.2) is 0 Å². The third-order valence-electron chi connectivity index (χ3n) is 3.92. The molecule has 1 unspecified atom stereocenters. The largest absolute Gasteiger partial charge is 0.390 e. The Labute approximate surface area is 132 Å². The number of carbonyl (C=O) groups is 1. The molecule has 2 rings (SSSR count). The number of piperazine rings is 1. The molecule has 0 bridgehead atoms. The van der Waals surface area contributed by atoms with Gasteiger partial charge in [0.05, 0.1) is 6.10 Å². The molecular weight excluding hydrogens is 280 g/mol. The normalized spacial score (nSPS) is 18.0. The number of carbonyl (C=O) groups excluding carboxylic acids is 1. The van der Waals surface area contributed by atoms with Gasteiger partial charge in [-0.2, -0.15) is 0 Å². The molecule has 0 aromatic heterocycles. The zero-order valence-corrected chi connectivity index (χ0v) is 13.4. The first-order chi connectivity index (χ1) is 10.5. The molecular formula is C16H26N4O2. The van der Waals surface area contributed by atoms with Crippen LogP contribution in [0.4, 0.5) is 10.5 Å². The molecule has 2 amide bonds. The Hall–Kier alpha value is -1.63. The van der Waals surface area contributed by atoms with Crippen LogP contribution in [-0.2, 0) is 0 Å². The molecule has 1 saturated heterocycles. The van der Waals surface area contributed by atoms with E-state index in [1.165, 1.54) is 4.90 Å². The van der Waals surface area contributed by atoms with Crippen LogP contribution >= 0.6 is 0 Å². The van der Waals surface area contributed by atoms with Crippen LogP contribution in [0, 0.1) is 0 Å². The van der Waals surface area contributed by atoms with Gasteiger partial charge in [-0.1, -0.05) is 18.2 Å². The molecule has 2 N–H and O–H groups in total. The number of benzene rings is 1. The number of urea groups is 1. The van der Waals surface area contributed by atoms with Crippen LogP contribution in [-0.4, -0.2) is 85.3 Å². The van der Waals surface area contributed by atoms with Crippen molar-refractivity contribution >= 4 is 11.7 Å². The summed E-state index contributed by atoms with van der Waals surface area (Å²) >= 11 is 0. The van der Waals surface area contributed by atoms with E-state index in [0.29, 0.717) is 13.1 Å². The molecule has 1 atom stereocenters. The Morgan fingerprint density at radius 2 is 1.91 bits per heavy atom. The fourth-order valence-corrected chi connectivity index (χ4v) is 2.53. The lowest BCUT2D eigenvalue weighted by Crippen LogP contribution is -2.49. The maximum Gasteiger partial charge on any atom is 0.321 e. The average molecular weight is 306 g/mol. The minimum absolute atomic E-state index is 0.205. The molecule has 0 saturated carbocycles. The van der Waals surface area contributed by atoms with Gasteiger partial charge < -0.3 is 20.2 Å². The van der Waals surface area contributed by atoms with Crippen molar-refractivity contribution in [2.45, 2.75) is 6.10 Å². The van der Waals surface area contributed by atoms with Gasteiger partial charge in [-0.05, 0) is 19.2 Å². The zero-order chi connectivity index (χ0) is 15.9. The molecule has 1 fully saturated rings. The number of β-amino-alcohol motifs (C(OH)–C–C–N with tert-alkyl or cyclic N) is 1. The number of hydrogen-bond donors (Lipinski definition) is 2. The van der Waals surface area contributed by atoms with E-state index in [1.54, 1.807) is 7.05 Å².